The van der Waals surface area contributed by atoms with Crippen molar-refractivity contribution >= 4 is 23.9 Å². The smallest absolute Gasteiger partial charge is 0.408 e. The van der Waals surface area contributed by atoms with E-state index in [0.29, 0.717) is 5.56 Å². The van der Waals surface area contributed by atoms with E-state index in [4.69, 9.17) is 9.47 Å². The van der Waals surface area contributed by atoms with Crippen molar-refractivity contribution in [1.29, 1.82) is 0 Å². The van der Waals surface area contributed by atoms with Crippen molar-refractivity contribution in [2.45, 2.75) is 130 Å². The normalized spacial score (nSPS) is 15.6. The van der Waals surface area contributed by atoms with E-state index < -0.39 is 47.3 Å². The summed E-state index contributed by atoms with van der Waals surface area (Å²) >= 11 is 0. The van der Waals surface area contributed by atoms with Gasteiger partial charge >= 0.3 is 12.1 Å². The highest BCUT2D eigenvalue weighted by Gasteiger charge is 2.43. The van der Waals surface area contributed by atoms with Gasteiger partial charge in [0.15, 0.2) is 0 Å². The molecule has 1 saturated carbocycles. The number of hydrogen-bond acceptors (Lipinski definition) is 6. The van der Waals surface area contributed by atoms with Gasteiger partial charge in [-0.15, -0.1) is 0 Å². The first-order valence-electron chi connectivity index (χ1n) is 16.5. The average Bonchev–Trinajstić information content (AvgIpc) is 2.93. The van der Waals surface area contributed by atoms with Gasteiger partial charge in [0, 0.05) is 12.5 Å². The van der Waals surface area contributed by atoms with E-state index in [9.17, 15) is 19.2 Å². The van der Waals surface area contributed by atoms with E-state index in [2.05, 4.69) is 10.6 Å². The molecule has 46 heavy (non-hydrogen) atoms. The van der Waals surface area contributed by atoms with Gasteiger partial charge in [-0.05, 0) is 89.8 Å². The van der Waals surface area contributed by atoms with Crippen molar-refractivity contribution in [1.82, 2.24) is 15.5 Å². The van der Waals surface area contributed by atoms with Gasteiger partial charge < -0.3 is 25.0 Å². The van der Waals surface area contributed by atoms with Gasteiger partial charge in [-0.2, -0.15) is 0 Å². The molecule has 0 aliphatic heterocycles. The van der Waals surface area contributed by atoms with Gasteiger partial charge in [0.2, 0.25) is 11.8 Å². The van der Waals surface area contributed by atoms with Crippen LogP contribution < -0.4 is 10.6 Å². The second-order valence-corrected chi connectivity index (χ2v) is 14.5. The summed E-state index contributed by atoms with van der Waals surface area (Å²) in [6.45, 7) is 16.4. The lowest BCUT2D eigenvalue weighted by atomic mass is 9.87. The third kappa shape index (κ3) is 10.6. The summed E-state index contributed by atoms with van der Waals surface area (Å²) in [5, 5.41) is 5.75. The van der Waals surface area contributed by atoms with Crippen LogP contribution in [0, 0.1) is 5.92 Å². The molecule has 252 valence electrons. The molecule has 9 heteroatoms. The molecule has 1 fully saturated rings. The number of ether oxygens (including phenoxy) is 2. The number of benzene rings is 2. The maximum Gasteiger partial charge on any atom is 0.408 e. The van der Waals surface area contributed by atoms with Gasteiger partial charge in [0.05, 0.1) is 0 Å². The Balaban J connectivity index is 2.06. The summed E-state index contributed by atoms with van der Waals surface area (Å²) in [6, 6.07) is 13.9. The molecule has 9 nitrogen and oxygen atoms in total. The predicted molar refractivity (Wildman–Crippen MR) is 179 cm³/mol. The fourth-order valence-electron chi connectivity index (χ4n) is 5.33. The molecule has 3 unspecified atom stereocenters. The lowest BCUT2D eigenvalue weighted by molar-refractivity contribution is -0.159. The summed E-state index contributed by atoms with van der Waals surface area (Å²) in [5.74, 6) is -1.71. The molecule has 0 aromatic heterocycles. The zero-order chi connectivity index (χ0) is 34.2. The minimum atomic E-state index is -1.05. The molecule has 1 aliphatic rings. The Hall–Kier alpha value is -3.88. The van der Waals surface area contributed by atoms with E-state index in [1.165, 1.54) is 0 Å². The summed E-state index contributed by atoms with van der Waals surface area (Å²) in [4.78, 5) is 57.1. The molecule has 3 rings (SSSR count). The van der Waals surface area contributed by atoms with Gasteiger partial charge in [-0.25, -0.2) is 9.59 Å². The Labute approximate surface area is 274 Å². The highest BCUT2D eigenvalue weighted by Crippen LogP contribution is 2.35. The maximum atomic E-state index is 14.5. The minimum Gasteiger partial charge on any atom is -0.458 e. The second kappa shape index (κ2) is 15.6. The summed E-state index contributed by atoms with van der Waals surface area (Å²) in [5.41, 5.74) is 1.05. The number of amides is 3. The molecular formula is C37H53N3O6. The highest BCUT2D eigenvalue weighted by atomic mass is 16.6. The standard InChI is InChI=1S/C37H53N3O6/c1-10-25-19-21-27(22-20-25)31(32(41)38-29(34(43)45-36(4,5)6)23-26-15-12-11-13-16-26)40(28-17-14-18-28)33(42)30(24(2)3)39-35(44)46-37(7,8)9/h11-13,15-16,19-22,24,28-31H,10,14,17-18,23H2,1-9H3,(H,38,41)(H,39,44). The van der Waals surface area contributed by atoms with E-state index in [0.717, 1.165) is 36.8 Å². The second-order valence-electron chi connectivity index (χ2n) is 14.5. The number of aryl methyl sites for hydroxylation is 1. The van der Waals surface area contributed by atoms with Crippen LogP contribution in [0.5, 0.6) is 0 Å². The monoisotopic (exact) mass is 635 g/mol. The van der Waals surface area contributed by atoms with Gasteiger partial charge in [-0.3, -0.25) is 9.59 Å². The van der Waals surface area contributed by atoms with Crippen LogP contribution in [0.1, 0.15) is 104 Å². The molecule has 3 atom stereocenters. The van der Waals surface area contributed by atoms with E-state index >= 15 is 0 Å². The van der Waals surface area contributed by atoms with Crippen LogP contribution in [-0.2, 0) is 36.7 Å². The Morgan fingerprint density at radius 2 is 1.41 bits per heavy atom. The predicted octanol–water partition coefficient (Wildman–Crippen LogP) is 6.29. The number of esters is 1. The van der Waals surface area contributed by atoms with Gasteiger partial charge in [-0.1, -0.05) is 75.4 Å². The molecule has 2 aromatic carbocycles. The molecule has 0 radical (unpaired) electrons. The van der Waals surface area contributed by atoms with Crippen LogP contribution in [0.3, 0.4) is 0 Å². The van der Waals surface area contributed by atoms with Crippen LogP contribution in [0.25, 0.3) is 0 Å². The SMILES string of the molecule is CCc1ccc(C(C(=O)NC(Cc2ccccc2)C(=O)OC(C)(C)C)N(C(=O)C(NC(=O)OC(C)(C)C)C(C)C)C2CCC2)cc1. The Morgan fingerprint density at radius 3 is 1.89 bits per heavy atom. The van der Waals surface area contributed by atoms with E-state index in [1.54, 1.807) is 46.4 Å². The number of nitrogens with one attached hydrogen (secondary N) is 2. The molecule has 0 heterocycles. The van der Waals surface area contributed by atoms with Crippen molar-refractivity contribution < 1.29 is 28.7 Å². The third-order valence-corrected chi connectivity index (χ3v) is 7.85. The van der Waals surface area contributed by atoms with Crippen molar-refractivity contribution in [2.75, 3.05) is 0 Å². The Morgan fingerprint density at radius 1 is 0.826 bits per heavy atom. The molecule has 3 amide bonds. The maximum absolute atomic E-state index is 14.5. The molecule has 0 saturated heterocycles. The van der Waals surface area contributed by atoms with Crippen molar-refractivity contribution in [2.24, 2.45) is 5.92 Å². The topological polar surface area (TPSA) is 114 Å². The largest absolute Gasteiger partial charge is 0.458 e. The van der Waals surface area contributed by atoms with Crippen molar-refractivity contribution in [3.05, 3.63) is 71.3 Å². The van der Waals surface area contributed by atoms with Crippen LogP contribution in [0.4, 0.5) is 4.79 Å². The van der Waals surface area contributed by atoms with E-state index in [1.807, 2.05) is 75.4 Å². The van der Waals surface area contributed by atoms with Crippen LogP contribution in [0.15, 0.2) is 54.6 Å². The number of carbonyl (C=O) groups excluding carboxylic acids is 4. The molecule has 1 aliphatic carbocycles. The quantitative estimate of drug-likeness (QED) is 0.265. The number of nitrogens with zero attached hydrogens (tertiary/aromatic N) is 1. The average molecular weight is 636 g/mol. The van der Waals surface area contributed by atoms with Crippen LogP contribution in [0.2, 0.25) is 0 Å². The molecule has 2 aromatic rings. The summed E-state index contributed by atoms with van der Waals surface area (Å²) < 4.78 is 11.2. The van der Waals surface area contributed by atoms with Crippen LogP contribution in [-0.4, -0.2) is 58.1 Å². The minimum absolute atomic E-state index is 0.217. The fourth-order valence-corrected chi connectivity index (χ4v) is 5.33. The molecular weight excluding hydrogens is 582 g/mol. The molecule has 2 N–H and O–H groups in total. The lowest BCUT2D eigenvalue weighted by Gasteiger charge is -2.44. The number of alkyl carbamates (subject to hydrolysis) is 1. The number of hydrogen-bond donors (Lipinski definition) is 2. The zero-order valence-electron chi connectivity index (χ0n) is 29.0. The first kappa shape index (κ1) is 36.6. The van der Waals surface area contributed by atoms with Crippen molar-refractivity contribution in [3.8, 4) is 0 Å². The Kier molecular flexibility index (Phi) is 12.4. The summed E-state index contributed by atoms with van der Waals surface area (Å²) in [6.07, 6.45) is 2.69. The van der Waals surface area contributed by atoms with Gasteiger partial charge in [0.25, 0.3) is 0 Å². The molecule has 0 bridgehead atoms. The third-order valence-electron chi connectivity index (χ3n) is 7.85. The highest BCUT2D eigenvalue weighted by molar-refractivity contribution is 5.94. The van der Waals surface area contributed by atoms with Crippen molar-refractivity contribution in [3.63, 3.8) is 0 Å². The fraction of sp³-hybridized carbons (Fsp3) is 0.568. The number of carbonyl (C=O) groups is 4. The first-order chi connectivity index (χ1) is 21.5. The lowest BCUT2D eigenvalue weighted by Crippen LogP contribution is -2.59. The first-order valence-corrected chi connectivity index (χ1v) is 16.5. The molecule has 0 spiro atoms. The number of rotatable bonds is 12. The summed E-state index contributed by atoms with van der Waals surface area (Å²) in [7, 11) is 0. The van der Waals surface area contributed by atoms with Crippen LogP contribution >= 0.6 is 0 Å². The zero-order valence-corrected chi connectivity index (χ0v) is 29.0. The Bertz CT molecular complexity index is 1320. The van der Waals surface area contributed by atoms with Gasteiger partial charge in [0.1, 0.15) is 29.3 Å². The van der Waals surface area contributed by atoms with E-state index in [-0.39, 0.29) is 24.3 Å².